The van der Waals surface area contributed by atoms with Gasteiger partial charge in [0.2, 0.25) is 0 Å². The van der Waals surface area contributed by atoms with E-state index >= 15 is 0 Å². The number of nitrogens with zero attached hydrogens (tertiary/aromatic N) is 2. The Morgan fingerprint density at radius 1 is 1.31 bits per heavy atom. The second kappa shape index (κ2) is 3.76. The molecule has 3 nitrogen and oxygen atoms in total. The summed E-state index contributed by atoms with van der Waals surface area (Å²) in [7, 11) is 0. The summed E-state index contributed by atoms with van der Waals surface area (Å²) in [5.41, 5.74) is 1.12. The standard InChI is InChI=1S/C10H9N2O/c1-2-5-10(6-3-1)9-13-12-8-4-7-11-12/h1-6,8H,9H2. The summed E-state index contributed by atoms with van der Waals surface area (Å²) in [5.74, 6) is 0. The largest absolute Gasteiger partial charge is 0.392 e. The van der Waals surface area contributed by atoms with E-state index in [1.807, 2.05) is 30.3 Å². The highest BCUT2D eigenvalue weighted by Crippen LogP contribution is 1.98. The topological polar surface area (TPSA) is 27.1 Å². The molecule has 0 saturated heterocycles. The number of aromatic nitrogens is 2. The lowest BCUT2D eigenvalue weighted by Crippen LogP contribution is -2.11. The van der Waals surface area contributed by atoms with Gasteiger partial charge in [-0.1, -0.05) is 30.3 Å². The van der Waals surface area contributed by atoms with Crippen molar-refractivity contribution in [1.29, 1.82) is 0 Å². The molecule has 0 aliphatic carbocycles. The van der Waals surface area contributed by atoms with Gasteiger partial charge in [-0.05, 0) is 11.6 Å². The molecule has 1 radical (unpaired) electrons. The van der Waals surface area contributed by atoms with Crippen molar-refractivity contribution in [2.24, 2.45) is 0 Å². The van der Waals surface area contributed by atoms with Crippen molar-refractivity contribution < 1.29 is 4.84 Å². The summed E-state index contributed by atoms with van der Waals surface area (Å²) in [6.07, 6.45) is 4.37. The minimum atomic E-state index is 0.524. The summed E-state index contributed by atoms with van der Waals surface area (Å²) in [6.45, 7) is 0.524. The highest BCUT2D eigenvalue weighted by molar-refractivity contribution is 5.13. The number of hydrogen-bond donors (Lipinski definition) is 0. The highest BCUT2D eigenvalue weighted by Gasteiger charge is 1.92. The third-order valence-corrected chi connectivity index (χ3v) is 1.64. The molecule has 0 spiro atoms. The molecule has 0 aliphatic heterocycles. The van der Waals surface area contributed by atoms with Gasteiger partial charge in [-0.25, -0.2) is 0 Å². The first-order valence-electron chi connectivity index (χ1n) is 4.04. The predicted octanol–water partition coefficient (Wildman–Crippen LogP) is 1.31. The summed E-state index contributed by atoms with van der Waals surface area (Å²) >= 11 is 0. The van der Waals surface area contributed by atoms with Gasteiger partial charge in [-0.2, -0.15) is 0 Å². The van der Waals surface area contributed by atoms with Crippen LogP contribution in [0.25, 0.3) is 0 Å². The Balaban J connectivity index is 1.94. The Kier molecular flexibility index (Phi) is 2.27. The molecular formula is C10H9N2O. The SMILES string of the molecule is [c]1ccn(OCc2ccccc2)n1. The van der Waals surface area contributed by atoms with Crippen LogP contribution in [0, 0.1) is 6.20 Å². The average Bonchev–Trinajstić information content (AvgIpc) is 2.69. The van der Waals surface area contributed by atoms with Crippen LogP contribution in [0.3, 0.4) is 0 Å². The Morgan fingerprint density at radius 3 is 2.85 bits per heavy atom. The maximum absolute atomic E-state index is 5.31. The molecule has 1 heterocycles. The van der Waals surface area contributed by atoms with E-state index in [-0.39, 0.29) is 0 Å². The molecule has 0 N–H and O–H groups in total. The predicted molar refractivity (Wildman–Crippen MR) is 47.8 cm³/mol. The molecule has 2 aromatic rings. The first-order valence-corrected chi connectivity index (χ1v) is 4.04. The minimum absolute atomic E-state index is 0.524. The fourth-order valence-electron chi connectivity index (χ4n) is 1.01. The Morgan fingerprint density at radius 2 is 2.15 bits per heavy atom. The second-order valence-electron chi connectivity index (χ2n) is 2.61. The zero-order valence-corrected chi connectivity index (χ0v) is 7.05. The monoisotopic (exact) mass is 173 g/mol. The summed E-state index contributed by atoms with van der Waals surface area (Å²) in [5, 5.41) is 3.80. The quantitative estimate of drug-likeness (QED) is 0.699. The van der Waals surface area contributed by atoms with Crippen LogP contribution in [0.1, 0.15) is 5.56 Å². The van der Waals surface area contributed by atoms with Crippen LogP contribution in [-0.4, -0.2) is 9.94 Å². The molecule has 65 valence electrons. The van der Waals surface area contributed by atoms with E-state index in [0.29, 0.717) is 6.61 Å². The zero-order chi connectivity index (χ0) is 8.93. The highest BCUT2D eigenvalue weighted by atomic mass is 16.7. The van der Waals surface area contributed by atoms with Crippen molar-refractivity contribution >= 4 is 0 Å². The molecule has 3 heteroatoms. The fourth-order valence-corrected chi connectivity index (χ4v) is 1.01. The van der Waals surface area contributed by atoms with Crippen LogP contribution >= 0.6 is 0 Å². The van der Waals surface area contributed by atoms with Crippen LogP contribution in [0.5, 0.6) is 0 Å². The van der Waals surface area contributed by atoms with Crippen molar-refractivity contribution in [2.75, 3.05) is 0 Å². The van der Waals surface area contributed by atoms with Crippen molar-refractivity contribution in [3.8, 4) is 0 Å². The lowest BCUT2D eigenvalue weighted by Gasteiger charge is -2.03. The third kappa shape index (κ3) is 2.08. The molecule has 0 saturated carbocycles. The Bertz CT molecular complexity index is 342. The van der Waals surface area contributed by atoms with E-state index in [4.69, 9.17) is 4.84 Å². The van der Waals surface area contributed by atoms with Gasteiger partial charge in [0.1, 0.15) is 12.8 Å². The minimum Gasteiger partial charge on any atom is -0.392 e. The van der Waals surface area contributed by atoms with Crippen LogP contribution < -0.4 is 4.84 Å². The molecule has 0 bridgehead atoms. The summed E-state index contributed by atoms with van der Waals surface area (Å²) in [4.78, 5) is 6.70. The smallest absolute Gasteiger partial charge is 0.142 e. The van der Waals surface area contributed by atoms with Gasteiger partial charge in [0.15, 0.2) is 0 Å². The van der Waals surface area contributed by atoms with Crippen LogP contribution in [-0.2, 0) is 6.61 Å². The van der Waals surface area contributed by atoms with Gasteiger partial charge in [0, 0.05) is 0 Å². The number of rotatable bonds is 3. The average molecular weight is 173 g/mol. The molecule has 0 aliphatic rings. The number of hydrogen-bond acceptors (Lipinski definition) is 2. The first-order chi connectivity index (χ1) is 6.45. The molecule has 2 rings (SSSR count). The number of benzene rings is 1. The molecule has 0 atom stereocenters. The molecule has 1 aromatic carbocycles. The zero-order valence-electron chi connectivity index (χ0n) is 7.05. The van der Waals surface area contributed by atoms with Crippen molar-refractivity contribution in [3.63, 3.8) is 0 Å². The van der Waals surface area contributed by atoms with Crippen LogP contribution in [0.15, 0.2) is 42.6 Å². The van der Waals surface area contributed by atoms with Gasteiger partial charge in [0.25, 0.3) is 0 Å². The van der Waals surface area contributed by atoms with Crippen molar-refractivity contribution in [1.82, 2.24) is 9.94 Å². The van der Waals surface area contributed by atoms with Crippen LogP contribution in [0.4, 0.5) is 0 Å². The van der Waals surface area contributed by atoms with E-state index in [0.717, 1.165) is 5.56 Å². The Hall–Kier alpha value is -1.77. The van der Waals surface area contributed by atoms with E-state index in [2.05, 4.69) is 11.3 Å². The van der Waals surface area contributed by atoms with E-state index in [9.17, 15) is 0 Å². The fraction of sp³-hybridized carbons (Fsp3) is 0.100. The maximum atomic E-state index is 5.31. The van der Waals surface area contributed by atoms with E-state index < -0.39 is 0 Å². The normalized spacial score (nSPS) is 9.85. The lowest BCUT2D eigenvalue weighted by atomic mass is 10.2. The molecular weight excluding hydrogens is 164 g/mol. The first kappa shape index (κ1) is 7.86. The maximum Gasteiger partial charge on any atom is 0.142 e. The van der Waals surface area contributed by atoms with Gasteiger partial charge < -0.3 is 4.84 Å². The summed E-state index contributed by atoms with van der Waals surface area (Å²) in [6, 6.07) is 11.7. The van der Waals surface area contributed by atoms with Gasteiger partial charge in [-0.3, -0.25) is 0 Å². The Labute approximate surface area is 76.5 Å². The van der Waals surface area contributed by atoms with Gasteiger partial charge >= 0.3 is 0 Å². The van der Waals surface area contributed by atoms with Crippen LogP contribution in [0.2, 0.25) is 0 Å². The van der Waals surface area contributed by atoms with Crippen molar-refractivity contribution in [3.05, 3.63) is 54.4 Å². The lowest BCUT2D eigenvalue weighted by molar-refractivity contribution is 0.0698. The van der Waals surface area contributed by atoms with E-state index in [1.54, 1.807) is 12.3 Å². The molecule has 0 amide bonds. The summed E-state index contributed by atoms with van der Waals surface area (Å²) < 4.78 is 0. The molecule has 0 fully saturated rings. The van der Waals surface area contributed by atoms with E-state index in [1.165, 1.54) is 4.85 Å². The van der Waals surface area contributed by atoms with Gasteiger partial charge in [-0.15, -0.1) is 9.94 Å². The second-order valence-corrected chi connectivity index (χ2v) is 2.61. The third-order valence-electron chi connectivity index (χ3n) is 1.64. The molecule has 1 aromatic heterocycles. The van der Waals surface area contributed by atoms with Gasteiger partial charge in [0.05, 0.1) is 6.20 Å². The molecule has 0 unspecified atom stereocenters. The van der Waals surface area contributed by atoms with Crippen molar-refractivity contribution in [2.45, 2.75) is 6.61 Å². The molecule has 13 heavy (non-hydrogen) atoms.